The van der Waals surface area contributed by atoms with Gasteiger partial charge in [0, 0.05) is 62.1 Å². The summed E-state index contributed by atoms with van der Waals surface area (Å²) in [5.74, 6) is -15.0. The van der Waals surface area contributed by atoms with E-state index in [2.05, 4.69) is 49.5 Å². The second kappa shape index (κ2) is 44.9. The lowest BCUT2D eigenvalue weighted by Gasteiger charge is -2.40. The zero-order valence-electron chi connectivity index (χ0n) is 64.5. The highest BCUT2D eigenvalue weighted by atomic mass is 16.6. The van der Waals surface area contributed by atoms with Gasteiger partial charge >= 0.3 is 5.97 Å². The minimum absolute atomic E-state index is 0.0221. The molecule has 4 fully saturated rings. The molecule has 4 saturated heterocycles. The SMILES string of the molecule is C/C(=C\[C@H](C)CCCCC(=O)NC(C)C(C)C(=O)NCC1NC(=O)CNC(=O)C(O)CNC(=O)C(C(C)O)NC(=O)C(C(O)C(O)C(N)=O)NC(=O)C(C(C)C)CC(=O)C(CO)NC1=O)C1OC2C=CC1OC(=O)\C=C/C=C\C=C\[C@H]1OC3CC1O[C@@H](/C=C/C[C@H]1O[C@H](C[C@H](O)[C@H]1C)[C@@H](O)[C@@H](O)/C=C/CC/C=C/C2)C3C. The van der Waals surface area contributed by atoms with Gasteiger partial charge in [-0.15, -0.1) is 0 Å². The van der Waals surface area contributed by atoms with Gasteiger partial charge in [0.05, 0.1) is 74.4 Å². The summed E-state index contributed by atoms with van der Waals surface area (Å²) in [4.78, 5) is 147. The van der Waals surface area contributed by atoms with Crippen molar-refractivity contribution in [3.8, 4) is 0 Å². The van der Waals surface area contributed by atoms with Crippen LogP contribution in [0, 0.1) is 35.5 Å². The molecule has 18 N–H and O–H groups in total. The van der Waals surface area contributed by atoms with Crippen molar-refractivity contribution >= 4 is 64.9 Å². The van der Waals surface area contributed by atoms with E-state index in [4.69, 9.17) is 29.4 Å². The van der Waals surface area contributed by atoms with Gasteiger partial charge in [-0.2, -0.15) is 0 Å². The number of ether oxygens (including phenoxy) is 5. The molecule has 7 rings (SSSR count). The molecule has 7 aliphatic heterocycles. The zero-order valence-corrected chi connectivity index (χ0v) is 64.5. The Morgan fingerprint density at radius 3 is 2.06 bits per heavy atom. The van der Waals surface area contributed by atoms with Crippen LogP contribution in [-0.2, 0) is 76.4 Å². The molecule has 0 aromatic carbocycles. The second-order valence-corrected chi connectivity index (χ2v) is 30.1. The van der Waals surface area contributed by atoms with Gasteiger partial charge in [-0.25, -0.2) is 4.79 Å². The van der Waals surface area contributed by atoms with Gasteiger partial charge in [-0.1, -0.05) is 127 Å². The van der Waals surface area contributed by atoms with Gasteiger partial charge in [0.2, 0.25) is 47.3 Å². The largest absolute Gasteiger partial charge is 0.452 e. The van der Waals surface area contributed by atoms with Crippen LogP contribution in [-0.4, -0.2) is 260 Å². The number of carbonyl (C=O) groups is 11. The van der Waals surface area contributed by atoms with E-state index >= 15 is 0 Å². The van der Waals surface area contributed by atoms with Crippen LogP contribution in [0.3, 0.4) is 0 Å². The van der Waals surface area contributed by atoms with Crippen LogP contribution in [0.15, 0.2) is 96.7 Å². The number of hydrogen-bond acceptors (Lipinski definition) is 24. The van der Waals surface area contributed by atoms with E-state index in [1.807, 2.05) is 75.5 Å². The number of fused-ring (bicyclic) bond motifs is 13. The molecule has 7 aliphatic rings. The lowest BCUT2D eigenvalue weighted by Crippen LogP contribution is -2.63. The number of primary amides is 1. The molecule has 0 radical (unpaired) electrons. The van der Waals surface area contributed by atoms with E-state index in [-0.39, 0.29) is 67.0 Å². The zero-order chi connectivity index (χ0) is 81.9. The van der Waals surface area contributed by atoms with Crippen LogP contribution in [0.5, 0.6) is 0 Å². The number of nitrogens with one attached hydrogen (secondary N) is 8. The number of carbonyl (C=O) groups excluding carboxylic acids is 11. The molecule has 17 unspecified atom stereocenters. The van der Waals surface area contributed by atoms with Crippen molar-refractivity contribution in [2.45, 2.75) is 261 Å². The Balaban J connectivity index is 1.06. The number of nitrogens with two attached hydrogens (primary N) is 1. The molecule has 33 nitrogen and oxygen atoms in total. The Morgan fingerprint density at radius 1 is 0.658 bits per heavy atom. The average Bonchev–Trinajstić information content (AvgIpc) is 1.79. The number of hydrogen-bond donors (Lipinski definition) is 17. The van der Waals surface area contributed by atoms with E-state index < -0.39 is 207 Å². The molecular weight excluding hydrogens is 1450 g/mol. The number of β-amino-alcohol motifs (C(OH)–C–C–N with tert-alkyl or cyclic N) is 1. The number of ketones is 1. The Hall–Kier alpha value is -8.19. The van der Waals surface area contributed by atoms with Gasteiger partial charge in [-0.3, -0.25) is 47.9 Å². The molecule has 7 heterocycles. The molecule has 0 aliphatic carbocycles. The summed E-state index contributed by atoms with van der Waals surface area (Å²) in [5, 5.41) is 104. The second-order valence-electron chi connectivity index (χ2n) is 30.1. The van der Waals surface area contributed by atoms with Crippen molar-refractivity contribution in [3.63, 3.8) is 0 Å². The number of rotatable bonds is 18. The summed E-state index contributed by atoms with van der Waals surface area (Å²) in [6.45, 7) is 11.4. The Labute approximate surface area is 647 Å². The number of aliphatic hydroxyl groups is 8. The highest BCUT2D eigenvalue weighted by Gasteiger charge is 2.47. The predicted molar refractivity (Wildman–Crippen MR) is 401 cm³/mol. The van der Waals surface area contributed by atoms with E-state index in [0.29, 0.717) is 44.9 Å². The normalized spacial score (nSPS) is 35.2. The van der Waals surface area contributed by atoms with Gasteiger partial charge < -0.3 is 113 Å². The molecular formula is C78H117N9O24. The van der Waals surface area contributed by atoms with Crippen molar-refractivity contribution in [1.29, 1.82) is 0 Å². The predicted octanol–water partition coefficient (Wildman–Crippen LogP) is -1.67. The molecule has 618 valence electrons. The molecule has 0 spiro atoms. The number of esters is 1. The van der Waals surface area contributed by atoms with Crippen molar-refractivity contribution < 1.29 is 117 Å². The first-order valence-electron chi connectivity index (χ1n) is 38.3. The summed E-state index contributed by atoms with van der Waals surface area (Å²) < 4.78 is 31.9. The maximum absolute atomic E-state index is 14.0. The third-order valence-electron chi connectivity index (χ3n) is 20.9. The van der Waals surface area contributed by atoms with E-state index in [9.17, 15) is 93.6 Å². The Kier molecular flexibility index (Phi) is 37.1. The number of allylic oxidation sites excluding steroid dienone is 7. The molecule has 0 saturated carbocycles. The van der Waals surface area contributed by atoms with Crippen molar-refractivity contribution in [2.24, 2.45) is 41.2 Å². The first-order chi connectivity index (χ1) is 52.6. The molecule has 111 heavy (non-hydrogen) atoms. The fourth-order valence-electron chi connectivity index (χ4n) is 13.6. The van der Waals surface area contributed by atoms with Gasteiger partial charge in [-0.05, 0) is 82.8 Å². The van der Waals surface area contributed by atoms with Crippen LogP contribution < -0.4 is 48.3 Å². The summed E-state index contributed by atoms with van der Waals surface area (Å²) >= 11 is 0. The minimum Gasteiger partial charge on any atom is -0.452 e. The van der Waals surface area contributed by atoms with Gasteiger partial charge in [0.25, 0.3) is 5.91 Å². The topological polar surface area (TPSA) is 518 Å². The summed E-state index contributed by atoms with van der Waals surface area (Å²) in [5.41, 5.74) is 5.97. The van der Waals surface area contributed by atoms with Crippen LogP contribution in [0.1, 0.15) is 133 Å². The van der Waals surface area contributed by atoms with Crippen LogP contribution in [0.25, 0.3) is 0 Å². The molecule has 26 atom stereocenters. The fraction of sp³-hybridized carbons (Fsp3) is 0.654. The number of amides is 9. The first-order valence-corrected chi connectivity index (χ1v) is 38.3. The molecule has 0 aromatic heterocycles. The maximum Gasteiger partial charge on any atom is 0.331 e. The van der Waals surface area contributed by atoms with Crippen molar-refractivity contribution in [3.05, 3.63) is 96.7 Å². The average molecular weight is 1560 g/mol. The monoisotopic (exact) mass is 1560 g/mol. The number of aliphatic hydroxyl groups excluding tert-OH is 8. The molecule has 33 heteroatoms. The highest BCUT2D eigenvalue weighted by molar-refractivity contribution is 5.98. The Morgan fingerprint density at radius 2 is 1.36 bits per heavy atom. The van der Waals surface area contributed by atoms with Gasteiger partial charge in [0.15, 0.2) is 18.0 Å². The quantitative estimate of drug-likeness (QED) is 0.0414. The van der Waals surface area contributed by atoms with E-state index in [1.165, 1.54) is 26.8 Å². The van der Waals surface area contributed by atoms with Crippen molar-refractivity contribution in [1.82, 2.24) is 42.5 Å². The Bertz CT molecular complexity index is 3430. The highest BCUT2D eigenvalue weighted by Crippen LogP contribution is 2.39. The maximum atomic E-state index is 14.0. The lowest BCUT2D eigenvalue weighted by molar-refractivity contribution is -0.175. The van der Waals surface area contributed by atoms with Gasteiger partial charge in [0.1, 0.15) is 60.8 Å². The van der Waals surface area contributed by atoms with E-state index in [1.54, 1.807) is 37.3 Å². The summed E-state index contributed by atoms with van der Waals surface area (Å²) in [7, 11) is 0. The van der Waals surface area contributed by atoms with Crippen LogP contribution in [0.4, 0.5) is 0 Å². The third-order valence-corrected chi connectivity index (χ3v) is 20.9. The number of Topliss-reactive ketones (excluding diaryl/α,β-unsaturated/α-hetero) is 1. The minimum atomic E-state index is -2.51. The molecule has 0 aromatic rings. The standard InChI is InChI=1S/C78H117N9O24/c1-40(2)49-33-54(92)51(39-88)85-75(103)50(84-64(95)38-82-76(104)55(93)37-81-77(105)66(47(9)89)86-78(106)67(87-74(49)102)69(98)70(99)72(79)100)36-80-73(101)43(5)46(8)83-63(94)28-20-19-22-41(3)32-42(4)71-59-31-30-48(107-71)23-15-11-10-12-16-24-52(90)68(97)62-34-53(91)44(6)56(109-62)26-21-27-57-45(7)60-35-61(108-57)58(110-60)25-17-13-14-18-29-65(96)111-59/h11,13-18,21,24-25,27,29-32,40-41,43-53,55-62,66-71,88-91,93,97-99H,10,12,19-20,22-23,26,28,33-39H2,1-9H3,(H2,79,100)(H,80,101)(H,81,105)(H,82,104)(H,83,94)(H,84,95)(H,85,103)(H,86,106)(H,87,102)/b14-13-,15-11+,24-16+,25-17+,27-21+,29-18-,42-32+/t41-,43?,44-,45?,46?,47?,48?,49?,50?,51?,52+,53+,55?,56-,57+,58-,59?,60?,61?,62-,66?,67?,68+,69?,70?,71?/m1/s1. The van der Waals surface area contributed by atoms with Crippen molar-refractivity contribution in [2.75, 3.05) is 26.2 Å². The fourth-order valence-corrected chi connectivity index (χ4v) is 13.6. The third kappa shape index (κ3) is 28.2. The molecule has 7 bridgehead atoms. The van der Waals surface area contributed by atoms with E-state index in [0.717, 1.165) is 18.9 Å². The smallest absolute Gasteiger partial charge is 0.331 e. The summed E-state index contributed by atoms with van der Waals surface area (Å²) in [6, 6.07) is -8.62. The van der Waals surface area contributed by atoms with Crippen LogP contribution in [0.2, 0.25) is 0 Å². The molecule has 9 amide bonds. The summed E-state index contributed by atoms with van der Waals surface area (Å²) in [6.07, 6.45) is 15.6. The van der Waals surface area contributed by atoms with Crippen LogP contribution >= 0.6 is 0 Å². The first kappa shape index (κ1) is 91.7. The lowest BCUT2D eigenvalue weighted by atomic mass is 9.85. The number of unbranched alkanes of at least 4 members (excludes halogenated alkanes) is 1.